The number of aromatic nitrogens is 4. The molecule has 0 aliphatic carbocycles. The van der Waals surface area contributed by atoms with Gasteiger partial charge < -0.3 is 5.32 Å². The first kappa shape index (κ1) is 19.1. The maximum atomic E-state index is 12.0. The van der Waals surface area contributed by atoms with Crippen molar-refractivity contribution in [3.63, 3.8) is 0 Å². The quantitative estimate of drug-likeness (QED) is 0.634. The highest BCUT2D eigenvalue weighted by atomic mass is 32.2. The molecule has 27 heavy (non-hydrogen) atoms. The number of pyridine rings is 1. The molecule has 0 fully saturated rings. The number of nitrogens with one attached hydrogen (secondary N) is 1. The zero-order valence-corrected chi connectivity index (χ0v) is 16.6. The number of amides is 1. The number of carbonyl (C=O) groups excluding carboxylic acids is 1. The van der Waals surface area contributed by atoms with Crippen LogP contribution in [0.2, 0.25) is 0 Å². The molecule has 1 aromatic carbocycles. The molecule has 0 unspecified atom stereocenters. The normalized spacial score (nSPS) is 10.8. The molecule has 0 atom stereocenters. The summed E-state index contributed by atoms with van der Waals surface area (Å²) < 4.78 is 1.98. The van der Waals surface area contributed by atoms with Crippen molar-refractivity contribution in [3.8, 4) is 17.2 Å². The predicted octanol–water partition coefficient (Wildman–Crippen LogP) is 3.56. The van der Waals surface area contributed by atoms with Gasteiger partial charge in [-0.1, -0.05) is 42.4 Å². The van der Waals surface area contributed by atoms with E-state index in [0.717, 1.165) is 23.4 Å². The van der Waals surface area contributed by atoms with Crippen LogP contribution >= 0.6 is 11.8 Å². The number of hydrogen-bond donors (Lipinski definition) is 1. The van der Waals surface area contributed by atoms with Gasteiger partial charge in [0.15, 0.2) is 11.0 Å². The summed E-state index contributed by atoms with van der Waals surface area (Å²) in [5, 5.41) is 12.3. The van der Waals surface area contributed by atoms with Crippen LogP contribution in [-0.2, 0) is 4.79 Å². The molecule has 0 bridgehead atoms. The van der Waals surface area contributed by atoms with Gasteiger partial charge in [0.1, 0.15) is 5.69 Å². The molecule has 140 valence electrons. The number of benzene rings is 1. The van der Waals surface area contributed by atoms with Crippen molar-refractivity contribution in [1.29, 1.82) is 0 Å². The van der Waals surface area contributed by atoms with E-state index in [-0.39, 0.29) is 5.91 Å². The molecule has 6 nitrogen and oxygen atoms in total. The SMILES string of the molecule is CCCNC(=O)CSc1nnc(-c2ccccn2)n1-c1ccc(C)cc1C. The van der Waals surface area contributed by atoms with Crippen molar-refractivity contribution in [2.45, 2.75) is 32.3 Å². The monoisotopic (exact) mass is 381 g/mol. The van der Waals surface area contributed by atoms with Gasteiger partial charge in [0.05, 0.1) is 11.4 Å². The second-order valence-electron chi connectivity index (χ2n) is 6.29. The van der Waals surface area contributed by atoms with Crippen LogP contribution in [-0.4, -0.2) is 38.0 Å². The lowest BCUT2D eigenvalue weighted by atomic mass is 10.1. The highest BCUT2D eigenvalue weighted by Gasteiger charge is 2.19. The highest BCUT2D eigenvalue weighted by Crippen LogP contribution is 2.28. The van der Waals surface area contributed by atoms with Gasteiger partial charge in [-0.05, 0) is 44.0 Å². The molecule has 1 amide bonds. The Morgan fingerprint density at radius 3 is 2.74 bits per heavy atom. The van der Waals surface area contributed by atoms with Crippen molar-refractivity contribution < 1.29 is 4.79 Å². The Morgan fingerprint density at radius 1 is 1.19 bits per heavy atom. The van der Waals surface area contributed by atoms with E-state index >= 15 is 0 Å². The maximum Gasteiger partial charge on any atom is 0.230 e. The summed E-state index contributed by atoms with van der Waals surface area (Å²) in [4.78, 5) is 16.4. The van der Waals surface area contributed by atoms with Crippen molar-refractivity contribution in [2.24, 2.45) is 0 Å². The average Bonchev–Trinajstić information content (AvgIpc) is 3.09. The second kappa shape index (κ2) is 8.81. The molecular formula is C20H23N5OS. The number of nitrogens with zero attached hydrogens (tertiary/aromatic N) is 4. The van der Waals surface area contributed by atoms with Crippen molar-refractivity contribution >= 4 is 17.7 Å². The zero-order valence-electron chi connectivity index (χ0n) is 15.8. The summed E-state index contributed by atoms with van der Waals surface area (Å²) in [6, 6.07) is 11.9. The minimum atomic E-state index is -0.00332. The van der Waals surface area contributed by atoms with E-state index < -0.39 is 0 Å². The molecule has 2 aromatic heterocycles. The van der Waals surface area contributed by atoms with E-state index in [2.05, 4.69) is 52.5 Å². The Labute approximate surface area is 163 Å². The fraction of sp³-hybridized carbons (Fsp3) is 0.300. The van der Waals surface area contributed by atoms with Crippen molar-refractivity contribution in [2.75, 3.05) is 12.3 Å². The summed E-state index contributed by atoms with van der Waals surface area (Å²) >= 11 is 1.38. The number of aryl methyl sites for hydroxylation is 2. The number of hydrogen-bond acceptors (Lipinski definition) is 5. The highest BCUT2D eigenvalue weighted by molar-refractivity contribution is 7.99. The standard InChI is InChI=1S/C20H23N5OS/c1-4-10-22-18(26)13-27-20-24-23-19(16-7-5-6-11-21-16)25(20)17-9-8-14(2)12-15(17)3/h5-9,11-12H,4,10,13H2,1-3H3,(H,22,26). The fourth-order valence-corrected chi connectivity index (χ4v) is 3.52. The van der Waals surface area contributed by atoms with E-state index in [1.807, 2.05) is 29.7 Å². The van der Waals surface area contributed by atoms with Gasteiger partial charge in [0.25, 0.3) is 0 Å². The second-order valence-corrected chi connectivity index (χ2v) is 7.23. The molecule has 2 heterocycles. The molecule has 0 spiro atoms. The Morgan fingerprint density at radius 2 is 2.04 bits per heavy atom. The van der Waals surface area contributed by atoms with Gasteiger partial charge in [-0.15, -0.1) is 10.2 Å². The first-order valence-electron chi connectivity index (χ1n) is 8.94. The summed E-state index contributed by atoms with van der Waals surface area (Å²) in [6.07, 6.45) is 2.65. The Bertz CT molecular complexity index is 923. The molecule has 7 heteroatoms. The fourth-order valence-electron chi connectivity index (χ4n) is 2.74. The third-order valence-corrected chi connectivity index (χ3v) is 4.95. The smallest absolute Gasteiger partial charge is 0.230 e. The summed E-state index contributed by atoms with van der Waals surface area (Å²) in [5.74, 6) is 0.959. The minimum Gasteiger partial charge on any atom is -0.355 e. The van der Waals surface area contributed by atoms with Gasteiger partial charge in [-0.2, -0.15) is 0 Å². The van der Waals surface area contributed by atoms with Crippen LogP contribution in [0.25, 0.3) is 17.2 Å². The third kappa shape index (κ3) is 4.54. The topological polar surface area (TPSA) is 72.7 Å². The maximum absolute atomic E-state index is 12.0. The number of rotatable bonds is 7. The van der Waals surface area contributed by atoms with Crippen LogP contribution in [0.3, 0.4) is 0 Å². The van der Waals surface area contributed by atoms with Gasteiger partial charge in [-0.25, -0.2) is 0 Å². The molecule has 0 aliphatic heterocycles. The lowest BCUT2D eigenvalue weighted by Gasteiger charge is -2.13. The molecule has 3 aromatic rings. The molecule has 0 radical (unpaired) electrons. The molecule has 0 saturated carbocycles. The minimum absolute atomic E-state index is 0.00332. The summed E-state index contributed by atoms with van der Waals surface area (Å²) in [6.45, 7) is 6.84. The molecular weight excluding hydrogens is 358 g/mol. The van der Waals surface area contributed by atoms with E-state index in [1.54, 1.807) is 6.20 Å². The Kier molecular flexibility index (Phi) is 6.24. The molecule has 1 N–H and O–H groups in total. The first-order valence-corrected chi connectivity index (χ1v) is 9.92. The lowest BCUT2D eigenvalue weighted by Crippen LogP contribution is -2.25. The van der Waals surface area contributed by atoms with E-state index in [1.165, 1.54) is 17.3 Å². The van der Waals surface area contributed by atoms with Crippen LogP contribution in [0.1, 0.15) is 24.5 Å². The van der Waals surface area contributed by atoms with Gasteiger partial charge >= 0.3 is 0 Å². The Balaban J connectivity index is 1.99. The third-order valence-electron chi connectivity index (χ3n) is 4.03. The largest absolute Gasteiger partial charge is 0.355 e. The van der Waals surface area contributed by atoms with Crippen LogP contribution in [0.4, 0.5) is 0 Å². The van der Waals surface area contributed by atoms with Crippen LogP contribution in [0.15, 0.2) is 47.8 Å². The van der Waals surface area contributed by atoms with Crippen LogP contribution < -0.4 is 5.32 Å². The summed E-state index contributed by atoms with van der Waals surface area (Å²) in [5.41, 5.74) is 4.04. The van der Waals surface area contributed by atoms with Crippen LogP contribution in [0.5, 0.6) is 0 Å². The molecule has 3 rings (SSSR count). The Hall–Kier alpha value is -2.67. The van der Waals surface area contributed by atoms with Gasteiger partial charge in [-0.3, -0.25) is 14.3 Å². The van der Waals surface area contributed by atoms with E-state index in [9.17, 15) is 4.79 Å². The summed E-state index contributed by atoms with van der Waals surface area (Å²) in [7, 11) is 0. The van der Waals surface area contributed by atoms with E-state index in [0.29, 0.717) is 23.3 Å². The number of thioether (sulfide) groups is 1. The van der Waals surface area contributed by atoms with E-state index in [4.69, 9.17) is 0 Å². The van der Waals surface area contributed by atoms with Crippen molar-refractivity contribution in [1.82, 2.24) is 25.1 Å². The molecule has 0 aliphatic rings. The van der Waals surface area contributed by atoms with Crippen LogP contribution in [0, 0.1) is 13.8 Å². The zero-order chi connectivity index (χ0) is 19.2. The predicted molar refractivity (Wildman–Crippen MR) is 108 cm³/mol. The van der Waals surface area contributed by atoms with Gasteiger partial charge in [0, 0.05) is 12.7 Å². The average molecular weight is 382 g/mol. The first-order chi connectivity index (χ1) is 13.1. The van der Waals surface area contributed by atoms with Gasteiger partial charge in [0.2, 0.25) is 5.91 Å². The van der Waals surface area contributed by atoms with Crippen molar-refractivity contribution in [3.05, 3.63) is 53.7 Å². The molecule has 0 saturated heterocycles. The lowest BCUT2D eigenvalue weighted by molar-refractivity contribution is -0.118. The number of carbonyl (C=O) groups is 1.